The SMILES string of the molecule is CCCOc1cc(-c2ccc(Cl)cc2C(F)(F)F)ccc1COc1ccc(C)cc1-c1ccnc(N2CCC(C(=O)O)CC2)n1. The first kappa shape index (κ1) is 32.1. The van der Waals surface area contributed by atoms with Gasteiger partial charge in [-0.1, -0.05) is 48.4 Å². The number of carbonyl (C=O) groups is 1. The van der Waals surface area contributed by atoms with Crippen molar-refractivity contribution in [1.29, 1.82) is 0 Å². The minimum atomic E-state index is -4.58. The van der Waals surface area contributed by atoms with Gasteiger partial charge in [0.05, 0.1) is 23.8 Å². The van der Waals surface area contributed by atoms with Gasteiger partial charge in [-0.15, -0.1) is 0 Å². The van der Waals surface area contributed by atoms with Crippen molar-refractivity contribution in [3.8, 4) is 33.9 Å². The molecule has 1 N–H and O–H groups in total. The van der Waals surface area contributed by atoms with Crippen molar-refractivity contribution in [3.63, 3.8) is 0 Å². The number of aromatic nitrogens is 2. The number of anilines is 1. The standard InChI is InChI=1S/C34H33ClF3N3O4/c1-3-16-44-31-18-23(26-8-7-25(35)19-28(26)34(36,37)38)5-6-24(31)20-45-30-9-4-21(2)17-27(30)29-10-13-39-33(40-29)41-14-11-22(12-15-41)32(42)43/h4-10,13,17-19,22H,3,11-12,14-16,20H2,1-2H3,(H,42,43). The summed E-state index contributed by atoms with van der Waals surface area (Å²) in [5.74, 6) is 0.381. The fourth-order valence-electron chi connectivity index (χ4n) is 5.29. The number of rotatable bonds is 10. The zero-order valence-corrected chi connectivity index (χ0v) is 25.7. The van der Waals surface area contributed by atoms with E-state index >= 15 is 0 Å². The van der Waals surface area contributed by atoms with Gasteiger partial charge in [-0.25, -0.2) is 9.97 Å². The van der Waals surface area contributed by atoms with E-state index in [-0.39, 0.29) is 23.1 Å². The van der Waals surface area contributed by atoms with Crippen LogP contribution in [0.15, 0.2) is 66.9 Å². The summed E-state index contributed by atoms with van der Waals surface area (Å²) >= 11 is 5.89. The van der Waals surface area contributed by atoms with Crippen molar-refractivity contribution in [1.82, 2.24) is 9.97 Å². The first-order chi connectivity index (χ1) is 21.5. The Balaban J connectivity index is 1.41. The fraction of sp³-hybridized carbons (Fsp3) is 0.324. The second-order valence-electron chi connectivity index (χ2n) is 11.0. The van der Waals surface area contributed by atoms with Gasteiger partial charge in [0.1, 0.15) is 18.1 Å². The summed E-state index contributed by atoms with van der Waals surface area (Å²) in [7, 11) is 0. The van der Waals surface area contributed by atoms with Gasteiger partial charge in [0.2, 0.25) is 5.95 Å². The van der Waals surface area contributed by atoms with Gasteiger partial charge >= 0.3 is 12.1 Å². The lowest BCUT2D eigenvalue weighted by Gasteiger charge is -2.30. The largest absolute Gasteiger partial charge is 0.493 e. The van der Waals surface area contributed by atoms with Crippen LogP contribution in [0.5, 0.6) is 11.5 Å². The van der Waals surface area contributed by atoms with Crippen LogP contribution < -0.4 is 14.4 Å². The lowest BCUT2D eigenvalue weighted by molar-refractivity contribution is -0.142. The Morgan fingerprint density at radius 2 is 1.78 bits per heavy atom. The molecule has 3 aromatic carbocycles. The van der Waals surface area contributed by atoms with E-state index in [1.807, 2.05) is 36.9 Å². The highest BCUT2D eigenvalue weighted by Crippen LogP contribution is 2.40. The summed E-state index contributed by atoms with van der Waals surface area (Å²) < 4.78 is 53.8. The molecule has 11 heteroatoms. The number of benzene rings is 3. The maximum absolute atomic E-state index is 13.8. The van der Waals surface area contributed by atoms with Crippen LogP contribution >= 0.6 is 11.6 Å². The molecule has 4 aromatic rings. The number of aliphatic carboxylic acids is 1. The van der Waals surface area contributed by atoms with Crippen LogP contribution in [0.3, 0.4) is 0 Å². The molecule has 45 heavy (non-hydrogen) atoms. The molecule has 0 spiro atoms. The number of piperidine rings is 1. The Kier molecular flexibility index (Phi) is 9.82. The first-order valence-electron chi connectivity index (χ1n) is 14.7. The van der Waals surface area contributed by atoms with Gasteiger partial charge < -0.3 is 19.5 Å². The topological polar surface area (TPSA) is 84.8 Å². The molecule has 1 aliphatic rings. The van der Waals surface area contributed by atoms with Gasteiger partial charge in [0.25, 0.3) is 0 Å². The molecule has 1 fully saturated rings. The molecule has 0 radical (unpaired) electrons. The number of nitrogens with zero attached hydrogens (tertiary/aromatic N) is 3. The Morgan fingerprint density at radius 1 is 1.00 bits per heavy atom. The summed E-state index contributed by atoms with van der Waals surface area (Å²) in [5, 5.41) is 9.34. The van der Waals surface area contributed by atoms with E-state index in [0.29, 0.717) is 73.2 Å². The molecule has 2 heterocycles. The Hall–Kier alpha value is -4.31. The zero-order chi connectivity index (χ0) is 32.1. The minimum absolute atomic E-state index is 0.00557. The third kappa shape index (κ3) is 7.68. The van der Waals surface area contributed by atoms with Crippen molar-refractivity contribution in [3.05, 3.63) is 88.6 Å². The zero-order valence-electron chi connectivity index (χ0n) is 24.9. The van der Waals surface area contributed by atoms with E-state index in [2.05, 4.69) is 4.98 Å². The number of hydrogen-bond acceptors (Lipinski definition) is 6. The second kappa shape index (κ2) is 13.8. The van der Waals surface area contributed by atoms with Crippen LogP contribution in [-0.4, -0.2) is 40.7 Å². The van der Waals surface area contributed by atoms with Gasteiger partial charge in [0.15, 0.2) is 0 Å². The van der Waals surface area contributed by atoms with E-state index in [4.69, 9.17) is 26.1 Å². The Bertz CT molecular complexity index is 1670. The quantitative estimate of drug-likeness (QED) is 0.186. The highest BCUT2D eigenvalue weighted by Gasteiger charge is 2.34. The molecule has 0 amide bonds. The number of alkyl halides is 3. The van der Waals surface area contributed by atoms with Crippen LogP contribution in [0.4, 0.5) is 19.1 Å². The number of halogens is 4. The van der Waals surface area contributed by atoms with Crippen molar-refractivity contribution in [2.75, 3.05) is 24.6 Å². The molecule has 5 rings (SSSR count). The number of aryl methyl sites for hydroxylation is 1. The molecule has 1 aliphatic heterocycles. The lowest BCUT2D eigenvalue weighted by Crippen LogP contribution is -2.37. The van der Waals surface area contributed by atoms with Crippen molar-refractivity contribution < 1.29 is 32.5 Å². The summed E-state index contributed by atoms with van der Waals surface area (Å²) in [6, 6.07) is 16.2. The Labute approximate surface area is 264 Å². The van der Waals surface area contributed by atoms with Crippen LogP contribution in [0.1, 0.15) is 42.9 Å². The number of carboxylic acid groups (broad SMARTS) is 1. The maximum Gasteiger partial charge on any atom is 0.417 e. The van der Waals surface area contributed by atoms with E-state index in [9.17, 15) is 23.1 Å². The molecular formula is C34H33ClF3N3O4. The van der Waals surface area contributed by atoms with Crippen LogP contribution in [-0.2, 0) is 17.6 Å². The lowest BCUT2D eigenvalue weighted by atomic mass is 9.97. The third-order valence-corrected chi connectivity index (χ3v) is 7.93. The van der Waals surface area contributed by atoms with Crippen LogP contribution in [0, 0.1) is 12.8 Å². The molecule has 0 unspecified atom stereocenters. The molecule has 0 saturated carbocycles. The molecular weight excluding hydrogens is 607 g/mol. The first-order valence-corrected chi connectivity index (χ1v) is 15.1. The van der Waals surface area contributed by atoms with Crippen molar-refractivity contribution in [2.45, 2.75) is 45.9 Å². The Morgan fingerprint density at radius 3 is 2.49 bits per heavy atom. The van der Waals surface area contributed by atoms with Gasteiger partial charge in [-0.2, -0.15) is 13.2 Å². The highest BCUT2D eigenvalue weighted by molar-refractivity contribution is 6.30. The molecule has 236 valence electrons. The molecule has 0 bridgehead atoms. The molecule has 1 aromatic heterocycles. The van der Waals surface area contributed by atoms with E-state index in [1.54, 1.807) is 30.5 Å². The number of hydrogen-bond donors (Lipinski definition) is 1. The monoisotopic (exact) mass is 639 g/mol. The maximum atomic E-state index is 13.8. The summed E-state index contributed by atoms with van der Waals surface area (Å²) in [6.07, 6.45) is -1.14. The van der Waals surface area contributed by atoms with Gasteiger partial charge in [-0.05, 0) is 73.7 Å². The summed E-state index contributed by atoms with van der Waals surface area (Å²) in [4.78, 5) is 22.6. The molecule has 0 atom stereocenters. The molecule has 7 nitrogen and oxygen atoms in total. The van der Waals surface area contributed by atoms with Crippen LogP contribution in [0.25, 0.3) is 22.4 Å². The summed E-state index contributed by atoms with van der Waals surface area (Å²) in [6.45, 7) is 5.50. The molecule has 1 saturated heterocycles. The van der Waals surface area contributed by atoms with Gasteiger partial charge in [-0.3, -0.25) is 4.79 Å². The van der Waals surface area contributed by atoms with E-state index in [1.165, 1.54) is 12.1 Å². The number of carboxylic acids is 1. The third-order valence-electron chi connectivity index (χ3n) is 7.69. The average molecular weight is 640 g/mol. The van der Waals surface area contributed by atoms with Crippen molar-refractivity contribution in [2.24, 2.45) is 5.92 Å². The molecule has 0 aliphatic carbocycles. The minimum Gasteiger partial charge on any atom is -0.493 e. The van der Waals surface area contributed by atoms with Gasteiger partial charge in [0, 0.05) is 35.4 Å². The van der Waals surface area contributed by atoms with Crippen LogP contribution in [0.2, 0.25) is 5.02 Å². The highest BCUT2D eigenvalue weighted by atomic mass is 35.5. The normalized spacial score (nSPS) is 14.0. The predicted molar refractivity (Wildman–Crippen MR) is 167 cm³/mol. The average Bonchev–Trinajstić information content (AvgIpc) is 3.03. The second-order valence-corrected chi connectivity index (χ2v) is 11.4. The number of ether oxygens (including phenoxy) is 2. The smallest absolute Gasteiger partial charge is 0.417 e. The summed E-state index contributed by atoms with van der Waals surface area (Å²) in [5.41, 5.74) is 2.62. The van der Waals surface area contributed by atoms with E-state index in [0.717, 1.165) is 17.2 Å². The fourth-order valence-corrected chi connectivity index (χ4v) is 5.47. The predicted octanol–water partition coefficient (Wildman–Crippen LogP) is 8.46. The van der Waals surface area contributed by atoms with Crippen molar-refractivity contribution >= 4 is 23.5 Å². The van der Waals surface area contributed by atoms with E-state index < -0.39 is 17.7 Å².